The first kappa shape index (κ1) is 22.6. The summed E-state index contributed by atoms with van der Waals surface area (Å²) in [5.74, 6) is 0.714. The Morgan fingerprint density at radius 1 is 1.12 bits per heavy atom. The standard InChI is InChI=1S/C26H27N3O4S/c1-26(15-30,16-31)25-23-21(27-28-25)13-33-29(24(23)20-5-3-4-6-22(20)32-2)19-9-7-17(8-10-19)18-11-12-34-14-18/h3-12,14,24,30-31H,13,15-16H2,1-2H3,(H,27,28). The number of hydrogen-bond acceptors (Lipinski definition) is 7. The van der Waals surface area contributed by atoms with Gasteiger partial charge in [-0.3, -0.25) is 9.94 Å². The van der Waals surface area contributed by atoms with Crippen LogP contribution in [-0.4, -0.2) is 40.7 Å². The van der Waals surface area contributed by atoms with Crippen LogP contribution >= 0.6 is 11.3 Å². The van der Waals surface area contributed by atoms with Crippen LogP contribution < -0.4 is 9.80 Å². The van der Waals surface area contributed by atoms with Crippen molar-refractivity contribution in [3.05, 3.63) is 87.9 Å². The van der Waals surface area contributed by atoms with Crippen LogP contribution in [0.15, 0.2) is 65.4 Å². The van der Waals surface area contributed by atoms with Crippen LogP contribution in [-0.2, 0) is 16.9 Å². The average molecular weight is 478 g/mol. The van der Waals surface area contributed by atoms with Gasteiger partial charge in [-0.25, -0.2) is 5.06 Å². The molecule has 1 unspecified atom stereocenters. The van der Waals surface area contributed by atoms with Gasteiger partial charge >= 0.3 is 0 Å². The van der Waals surface area contributed by atoms with Crippen molar-refractivity contribution in [2.24, 2.45) is 0 Å². The van der Waals surface area contributed by atoms with E-state index >= 15 is 0 Å². The van der Waals surface area contributed by atoms with Crippen LogP contribution in [0.1, 0.15) is 35.5 Å². The molecule has 0 bridgehead atoms. The fourth-order valence-electron chi connectivity index (χ4n) is 4.40. The van der Waals surface area contributed by atoms with E-state index < -0.39 is 11.5 Å². The fraction of sp³-hybridized carbons (Fsp3) is 0.269. The zero-order chi connectivity index (χ0) is 23.7. The molecule has 1 aliphatic rings. The summed E-state index contributed by atoms with van der Waals surface area (Å²) in [5.41, 5.74) is 5.47. The molecular weight excluding hydrogens is 450 g/mol. The number of nitrogens with one attached hydrogen (secondary N) is 1. The third-order valence-corrected chi connectivity index (χ3v) is 7.10. The van der Waals surface area contributed by atoms with Crippen molar-refractivity contribution < 1.29 is 19.8 Å². The Morgan fingerprint density at radius 2 is 1.88 bits per heavy atom. The van der Waals surface area contributed by atoms with E-state index in [-0.39, 0.29) is 19.8 Å². The fourth-order valence-corrected chi connectivity index (χ4v) is 5.07. The molecule has 1 atom stereocenters. The van der Waals surface area contributed by atoms with Crippen molar-refractivity contribution in [2.45, 2.75) is 25.0 Å². The van der Waals surface area contributed by atoms with E-state index in [1.165, 1.54) is 5.56 Å². The lowest BCUT2D eigenvalue weighted by atomic mass is 9.82. The minimum atomic E-state index is -0.920. The zero-order valence-electron chi connectivity index (χ0n) is 19.1. The predicted octanol–water partition coefficient (Wildman–Crippen LogP) is 4.43. The molecule has 3 heterocycles. The average Bonchev–Trinajstić information content (AvgIpc) is 3.59. The number of thiophene rings is 1. The Bertz CT molecular complexity index is 1250. The molecule has 5 rings (SSSR count). The van der Waals surface area contributed by atoms with Crippen molar-refractivity contribution in [1.82, 2.24) is 10.2 Å². The molecule has 1 aliphatic heterocycles. The quantitative estimate of drug-likeness (QED) is 0.365. The largest absolute Gasteiger partial charge is 0.496 e. The summed E-state index contributed by atoms with van der Waals surface area (Å²) in [6.45, 7) is 1.61. The van der Waals surface area contributed by atoms with Crippen LogP contribution in [0.5, 0.6) is 5.75 Å². The maximum atomic E-state index is 10.1. The number of rotatable bonds is 7. The summed E-state index contributed by atoms with van der Waals surface area (Å²) in [6, 6.07) is 17.7. The SMILES string of the molecule is COc1ccccc1C1c2c(C(C)(CO)CO)n[nH]c2CON1c1ccc(-c2ccsc2)cc1. The molecule has 0 saturated carbocycles. The number of nitrogens with zero attached hydrogens (tertiary/aromatic N) is 2. The highest BCUT2D eigenvalue weighted by Crippen LogP contribution is 2.45. The minimum absolute atomic E-state index is 0.240. The smallest absolute Gasteiger partial charge is 0.124 e. The Morgan fingerprint density at radius 3 is 2.56 bits per heavy atom. The number of aliphatic hydroxyl groups excluding tert-OH is 2. The first-order valence-corrected chi connectivity index (χ1v) is 12.0. The second kappa shape index (κ2) is 9.23. The van der Waals surface area contributed by atoms with Gasteiger partial charge in [-0.05, 0) is 53.1 Å². The predicted molar refractivity (Wildman–Crippen MR) is 132 cm³/mol. The highest BCUT2D eigenvalue weighted by Gasteiger charge is 2.41. The number of benzene rings is 2. The van der Waals surface area contributed by atoms with Gasteiger partial charge in [0.2, 0.25) is 0 Å². The molecule has 2 aromatic carbocycles. The van der Waals surface area contributed by atoms with E-state index in [1.807, 2.05) is 41.5 Å². The van der Waals surface area contributed by atoms with Gasteiger partial charge in [-0.2, -0.15) is 16.4 Å². The number of fused-ring (bicyclic) bond motifs is 1. The van der Waals surface area contributed by atoms with Crippen molar-refractivity contribution in [3.63, 3.8) is 0 Å². The summed E-state index contributed by atoms with van der Waals surface area (Å²) in [5, 5.41) is 33.9. The number of anilines is 1. The highest BCUT2D eigenvalue weighted by atomic mass is 32.1. The Kier molecular flexibility index (Phi) is 6.14. The maximum Gasteiger partial charge on any atom is 0.124 e. The van der Waals surface area contributed by atoms with Gasteiger partial charge in [0, 0.05) is 11.1 Å². The monoisotopic (exact) mass is 477 g/mol. The molecule has 2 aromatic heterocycles. The highest BCUT2D eigenvalue weighted by molar-refractivity contribution is 7.08. The van der Waals surface area contributed by atoms with Crippen LogP contribution in [0.4, 0.5) is 5.69 Å². The molecule has 0 fully saturated rings. The van der Waals surface area contributed by atoms with Gasteiger partial charge < -0.3 is 14.9 Å². The first-order valence-electron chi connectivity index (χ1n) is 11.1. The van der Waals surface area contributed by atoms with Gasteiger partial charge in [0.1, 0.15) is 18.4 Å². The number of ether oxygens (including phenoxy) is 1. The summed E-state index contributed by atoms with van der Waals surface area (Å²) >= 11 is 1.67. The Labute approximate surface area is 202 Å². The molecule has 4 aromatic rings. The number of hydroxylamine groups is 1. The molecule has 8 heteroatoms. The van der Waals surface area contributed by atoms with E-state index in [2.05, 4.69) is 39.2 Å². The summed E-state index contributed by atoms with van der Waals surface area (Å²) in [4.78, 5) is 6.26. The Hall–Kier alpha value is -3.17. The van der Waals surface area contributed by atoms with Gasteiger partial charge in [-0.1, -0.05) is 30.3 Å². The number of aromatic amines is 1. The number of hydrogen-bond donors (Lipinski definition) is 3. The maximum absolute atomic E-state index is 10.1. The van der Waals surface area contributed by atoms with Crippen molar-refractivity contribution in [3.8, 4) is 16.9 Å². The van der Waals surface area contributed by atoms with Gasteiger partial charge in [0.25, 0.3) is 0 Å². The van der Waals surface area contributed by atoms with E-state index in [1.54, 1.807) is 25.4 Å². The molecule has 0 spiro atoms. The molecule has 34 heavy (non-hydrogen) atoms. The zero-order valence-corrected chi connectivity index (χ0v) is 19.9. The summed E-state index contributed by atoms with van der Waals surface area (Å²) in [7, 11) is 1.64. The number of para-hydroxylation sites is 1. The number of aromatic nitrogens is 2. The molecule has 0 radical (unpaired) electrons. The lowest BCUT2D eigenvalue weighted by Gasteiger charge is -2.38. The third-order valence-electron chi connectivity index (χ3n) is 6.42. The van der Waals surface area contributed by atoms with Gasteiger partial charge in [0.15, 0.2) is 0 Å². The topological polar surface area (TPSA) is 90.8 Å². The second-order valence-electron chi connectivity index (χ2n) is 8.64. The summed E-state index contributed by atoms with van der Waals surface area (Å²) < 4.78 is 5.71. The van der Waals surface area contributed by atoms with Crippen LogP contribution in [0.2, 0.25) is 0 Å². The Balaban J connectivity index is 1.66. The normalized spacial score (nSPS) is 15.9. The van der Waals surface area contributed by atoms with Crippen LogP contribution in [0, 0.1) is 0 Å². The molecule has 3 N–H and O–H groups in total. The molecule has 0 amide bonds. The van der Waals surface area contributed by atoms with Crippen molar-refractivity contribution >= 4 is 17.0 Å². The minimum Gasteiger partial charge on any atom is -0.496 e. The number of methoxy groups -OCH3 is 1. The van der Waals surface area contributed by atoms with Gasteiger partial charge in [0.05, 0.1) is 42.8 Å². The van der Waals surface area contributed by atoms with E-state index in [4.69, 9.17) is 9.57 Å². The molecular formula is C26H27N3O4S. The molecule has 176 valence electrons. The van der Waals surface area contributed by atoms with E-state index in [9.17, 15) is 10.2 Å². The van der Waals surface area contributed by atoms with Crippen LogP contribution in [0.25, 0.3) is 11.1 Å². The number of H-pyrrole nitrogens is 1. The second-order valence-corrected chi connectivity index (χ2v) is 9.42. The lowest BCUT2D eigenvalue weighted by Crippen LogP contribution is -2.38. The molecule has 7 nitrogen and oxygen atoms in total. The van der Waals surface area contributed by atoms with Crippen molar-refractivity contribution in [1.29, 1.82) is 0 Å². The number of aliphatic hydroxyl groups is 2. The van der Waals surface area contributed by atoms with E-state index in [0.717, 1.165) is 28.1 Å². The third kappa shape index (κ3) is 3.78. The van der Waals surface area contributed by atoms with Gasteiger partial charge in [-0.15, -0.1) is 0 Å². The molecule has 0 saturated heterocycles. The lowest BCUT2D eigenvalue weighted by molar-refractivity contribution is 0.0622. The summed E-state index contributed by atoms with van der Waals surface area (Å²) in [6.07, 6.45) is 0. The molecule has 0 aliphatic carbocycles. The first-order chi connectivity index (χ1) is 16.6. The van der Waals surface area contributed by atoms with Crippen molar-refractivity contribution in [2.75, 3.05) is 25.4 Å². The van der Waals surface area contributed by atoms with E-state index in [0.29, 0.717) is 11.4 Å². The van der Waals surface area contributed by atoms with Crippen LogP contribution in [0.3, 0.4) is 0 Å².